The molecule has 1 N–H and O–H groups in total. The normalized spacial score (nSPS) is 16.6. The second-order valence-electron chi connectivity index (χ2n) is 9.28. The van der Waals surface area contributed by atoms with Gasteiger partial charge in [-0.15, -0.1) is 0 Å². The van der Waals surface area contributed by atoms with Gasteiger partial charge < -0.3 is 5.32 Å². The first-order chi connectivity index (χ1) is 14.1. The number of halogens is 3. The number of hydrogen-bond donors (Lipinski definition) is 1. The van der Waals surface area contributed by atoms with Crippen LogP contribution >= 0.6 is 0 Å². The number of aromatic nitrogens is 3. The van der Waals surface area contributed by atoms with Gasteiger partial charge in [0.05, 0.1) is 12.2 Å². The molecule has 0 aliphatic carbocycles. The number of nitrogens with one attached hydrogen (secondary N) is 1. The van der Waals surface area contributed by atoms with Gasteiger partial charge in [0.2, 0.25) is 0 Å². The largest absolute Gasteiger partial charge is 0.401 e. The third kappa shape index (κ3) is 7.23. The highest BCUT2D eigenvalue weighted by atomic mass is 19.4. The summed E-state index contributed by atoms with van der Waals surface area (Å²) in [5.41, 5.74) is 2.84. The lowest BCUT2D eigenvalue weighted by molar-refractivity contribution is -0.148. The van der Waals surface area contributed by atoms with Gasteiger partial charge in [0.1, 0.15) is 12.1 Å². The summed E-state index contributed by atoms with van der Waals surface area (Å²) in [5, 5.41) is 3.33. The Balaban J connectivity index is 1.54. The Morgan fingerprint density at radius 3 is 2.40 bits per heavy atom. The number of pyridine rings is 1. The first kappa shape index (κ1) is 22.5. The molecule has 0 radical (unpaired) electrons. The first-order valence-corrected chi connectivity index (χ1v) is 10.4. The number of rotatable bonds is 6. The molecule has 0 spiro atoms. The molecule has 0 saturated carbocycles. The molecule has 1 fully saturated rings. The van der Waals surface area contributed by atoms with Gasteiger partial charge in [-0.3, -0.25) is 9.88 Å². The number of anilines is 1. The Morgan fingerprint density at radius 1 is 1.07 bits per heavy atom. The average Bonchev–Trinajstić information content (AvgIpc) is 2.67. The highest BCUT2D eigenvalue weighted by Gasteiger charge is 2.32. The van der Waals surface area contributed by atoms with Crippen molar-refractivity contribution in [3.63, 3.8) is 0 Å². The molecule has 1 saturated heterocycles. The van der Waals surface area contributed by atoms with Crippen LogP contribution < -0.4 is 5.32 Å². The maximum absolute atomic E-state index is 12.5. The Hall–Kier alpha value is -2.22. The van der Waals surface area contributed by atoms with Gasteiger partial charge in [0.25, 0.3) is 0 Å². The predicted octanol–water partition coefficient (Wildman–Crippen LogP) is 4.81. The molecule has 1 aliphatic rings. The molecule has 0 aromatic carbocycles. The van der Waals surface area contributed by atoms with E-state index in [1.807, 2.05) is 24.4 Å². The zero-order chi connectivity index (χ0) is 21.8. The third-order valence-corrected chi connectivity index (χ3v) is 5.20. The van der Waals surface area contributed by atoms with E-state index in [0.29, 0.717) is 19.0 Å². The molecule has 2 aromatic heterocycles. The summed E-state index contributed by atoms with van der Waals surface area (Å²) < 4.78 is 37.6. The van der Waals surface area contributed by atoms with Gasteiger partial charge in [0, 0.05) is 30.1 Å². The molecular weight excluding hydrogens is 391 g/mol. The van der Waals surface area contributed by atoms with Crippen molar-refractivity contribution in [1.29, 1.82) is 0 Å². The van der Waals surface area contributed by atoms with E-state index in [1.54, 1.807) is 6.33 Å². The fourth-order valence-electron chi connectivity index (χ4n) is 3.56. The van der Waals surface area contributed by atoms with Crippen LogP contribution in [0.4, 0.5) is 19.0 Å². The number of alkyl halides is 3. The summed E-state index contributed by atoms with van der Waals surface area (Å²) >= 11 is 0. The highest BCUT2D eigenvalue weighted by molar-refractivity contribution is 5.61. The second kappa shape index (κ2) is 9.29. The van der Waals surface area contributed by atoms with Crippen molar-refractivity contribution in [2.75, 3.05) is 31.5 Å². The van der Waals surface area contributed by atoms with Crippen LogP contribution in [0.15, 0.2) is 30.7 Å². The topological polar surface area (TPSA) is 53.9 Å². The van der Waals surface area contributed by atoms with Crippen molar-refractivity contribution in [3.8, 4) is 11.3 Å². The highest BCUT2D eigenvalue weighted by Crippen LogP contribution is 2.25. The third-order valence-electron chi connectivity index (χ3n) is 5.20. The second-order valence-corrected chi connectivity index (χ2v) is 9.28. The minimum atomic E-state index is -4.12. The Bertz CT molecular complexity index is 807. The summed E-state index contributed by atoms with van der Waals surface area (Å²) in [6.07, 6.45) is 1.57. The molecule has 3 rings (SSSR count). The van der Waals surface area contributed by atoms with Crippen LogP contribution in [0, 0.1) is 11.3 Å². The van der Waals surface area contributed by atoms with Crippen molar-refractivity contribution in [2.24, 2.45) is 11.3 Å². The number of hydrogen-bond acceptors (Lipinski definition) is 5. The van der Waals surface area contributed by atoms with Crippen molar-refractivity contribution >= 4 is 5.82 Å². The van der Waals surface area contributed by atoms with Crippen LogP contribution in [-0.2, 0) is 6.42 Å². The van der Waals surface area contributed by atoms with Gasteiger partial charge in [-0.25, -0.2) is 9.97 Å². The summed E-state index contributed by atoms with van der Waals surface area (Å²) in [7, 11) is 0. The van der Waals surface area contributed by atoms with Crippen LogP contribution in [0.5, 0.6) is 0 Å². The maximum Gasteiger partial charge on any atom is 0.401 e. The van der Waals surface area contributed by atoms with E-state index in [9.17, 15) is 13.2 Å². The molecular formula is C22H30F3N5. The maximum atomic E-state index is 12.5. The van der Waals surface area contributed by atoms with Gasteiger partial charge >= 0.3 is 6.18 Å². The minimum absolute atomic E-state index is 0.150. The fraction of sp³-hybridized carbons (Fsp3) is 0.591. The molecule has 0 bridgehead atoms. The average molecular weight is 422 g/mol. The monoisotopic (exact) mass is 421 g/mol. The molecule has 0 unspecified atom stereocenters. The van der Waals surface area contributed by atoms with E-state index in [-0.39, 0.29) is 5.41 Å². The lowest BCUT2D eigenvalue weighted by Gasteiger charge is -2.32. The molecule has 0 amide bonds. The summed E-state index contributed by atoms with van der Waals surface area (Å²) in [6, 6.07) is 5.90. The molecule has 3 heterocycles. The van der Waals surface area contributed by atoms with E-state index in [2.05, 4.69) is 41.0 Å². The van der Waals surface area contributed by atoms with Gasteiger partial charge in [0.15, 0.2) is 0 Å². The number of likely N-dealkylation sites (tertiary alicyclic amines) is 1. The van der Waals surface area contributed by atoms with E-state index < -0.39 is 12.7 Å². The molecule has 164 valence electrons. The smallest absolute Gasteiger partial charge is 0.369 e. The van der Waals surface area contributed by atoms with Crippen LogP contribution in [0.2, 0.25) is 0 Å². The van der Waals surface area contributed by atoms with Crippen molar-refractivity contribution in [1.82, 2.24) is 19.9 Å². The van der Waals surface area contributed by atoms with Crippen LogP contribution in [-0.4, -0.2) is 52.2 Å². The fourth-order valence-corrected chi connectivity index (χ4v) is 3.56. The van der Waals surface area contributed by atoms with Gasteiger partial charge in [-0.2, -0.15) is 13.2 Å². The van der Waals surface area contributed by atoms with Crippen LogP contribution in [0.25, 0.3) is 11.3 Å². The molecule has 30 heavy (non-hydrogen) atoms. The first-order valence-electron chi connectivity index (χ1n) is 10.4. The summed E-state index contributed by atoms with van der Waals surface area (Å²) in [5.74, 6) is 1.16. The van der Waals surface area contributed by atoms with E-state index in [1.165, 1.54) is 4.90 Å². The SMILES string of the molecule is CC(C)(C)CNc1cc(-c2ccc(CC3CCN(CC(F)(F)F)CC3)nc2)ncn1. The Kier molecular flexibility index (Phi) is 6.95. The number of nitrogens with zero attached hydrogens (tertiary/aromatic N) is 4. The van der Waals surface area contributed by atoms with Crippen molar-refractivity contribution in [2.45, 2.75) is 46.2 Å². The lowest BCUT2D eigenvalue weighted by Crippen LogP contribution is -2.40. The van der Waals surface area contributed by atoms with E-state index in [4.69, 9.17) is 0 Å². The minimum Gasteiger partial charge on any atom is -0.369 e. The summed E-state index contributed by atoms with van der Waals surface area (Å²) in [6.45, 7) is 7.46. The van der Waals surface area contributed by atoms with E-state index in [0.717, 1.165) is 48.6 Å². The lowest BCUT2D eigenvalue weighted by atomic mass is 9.92. The quantitative estimate of drug-likeness (QED) is 0.725. The molecule has 1 aliphatic heterocycles. The Labute approximate surface area is 176 Å². The number of piperidine rings is 1. The molecule has 2 aromatic rings. The van der Waals surface area contributed by atoms with Crippen LogP contribution in [0.1, 0.15) is 39.3 Å². The zero-order valence-corrected chi connectivity index (χ0v) is 17.8. The van der Waals surface area contributed by atoms with Crippen molar-refractivity contribution < 1.29 is 13.2 Å². The van der Waals surface area contributed by atoms with Crippen LogP contribution in [0.3, 0.4) is 0 Å². The predicted molar refractivity (Wildman–Crippen MR) is 112 cm³/mol. The van der Waals surface area contributed by atoms with E-state index >= 15 is 0 Å². The zero-order valence-electron chi connectivity index (χ0n) is 17.8. The van der Waals surface area contributed by atoms with Gasteiger partial charge in [-0.1, -0.05) is 20.8 Å². The standard InChI is InChI=1S/C22H30F3N5/c1-21(2,3)13-27-20-11-19(28-15-29-20)17-4-5-18(26-12-17)10-16-6-8-30(9-7-16)14-22(23,24)25/h4-5,11-12,15-16H,6-10,13-14H2,1-3H3,(H,27,28,29). The summed E-state index contributed by atoms with van der Waals surface area (Å²) in [4.78, 5) is 14.7. The van der Waals surface area contributed by atoms with Crippen molar-refractivity contribution in [3.05, 3.63) is 36.4 Å². The molecule has 0 atom stereocenters. The Morgan fingerprint density at radius 2 is 1.80 bits per heavy atom. The molecule has 8 heteroatoms. The molecule has 5 nitrogen and oxygen atoms in total. The van der Waals surface area contributed by atoms with Gasteiger partial charge in [-0.05, 0) is 55.8 Å².